The summed E-state index contributed by atoms with van der Waals surface area (Å²) in [5.41, 5.74) is 4.27. The van der Waals surface area contributed by atoms with Crippen LogP contribution in [0.25, 0.3) is 0 Å². The van der Waals surface area contributed by atoms with Crippen molar-refractivity contribution < 1.29 is 0 Å². The third-order valence-corrected chi connectivity index (χ3v) is 3.09. The minimum Gasteiger partial charge on any atom is -0.0656 e. The van der Waals surface area contributed by atoms with E-state index in [-0.39, 0.29) is 0 Å². The van der Waals surface area contributed by atoms with Crippen LogP contribution in [-0.2, 0) is 19.3 Å². The Balaban J connectivity index is 0.000000327. The lowest BCUT2D eigenvalue weighted by Gasteiger charge is -1.97. The van der Waals surface area contributed by atoms with E-state index in [1.54, 1.807) is 0 Å². The van der Waals surface area contributed by atoms with Gasteiger partial charge < -0.3 is 0 Å². The summed E-state index contributed by atoms with van der Waals surface area (Å²) in [6.07, 6.45) is 4.68. The first-order valence-corrected chi connectivity index (χ1v) is 8.33. The quantitative estimate of drug-likeness (QED) is 0.605. The van der Waals surface area contributed by atoms with Crippen LogP contribution in [0.15, 0.2) is 54.6 Å². The molecule has 116 valence electrons. The van der Waals surface area contributed by atoms with E-state index in [1.165, 1.54) is 23.1 Å². The molecule has 2 aromatic rings. The van der Waals surface area contributed by atoms with Crippen molar-refractivity contribution >= 4 is 0 Å². The minimum atomic E-state index is 1.14. The molecule has 0 heterocycles. The zero-order chi connectivity index (χ0) is 15.9. The highest BCUT2D eigenvalue weighted by molar-refractivity contribution is 5.22. The van der Waals surface area contributed by atoms with Gasteiger partial charge >= 0.3 is 0 Å². The number of benzene rings is 2. The van der Waals surface area contributed by atoms with E-state index >= 15 is 0 Å². The maximum Gasteiger partial charge on any atom is -0.0307 e. The van der Waals surface area contributed by atoms with Gasteiger partial charge in [0.25, 0.3) is 0 Å². The molecular weight excluding hydrogens is 252 g/mol. The van der Waals surface area contributed by atoms with Gasteiger partial charge in [0.1, 0.15) is 0 Å². The summed E-state index contributed by atoms with van der Waals surface area (Å²) < 4.78 is 0. The van der Waals surface area contributed by atoms with E-state index in [4.69, 9.17) is 0 Å². The maximum atomic E-state index is 2.21. The average Bonchev–Trinajstić information content (AvgIpc) is 2.57. The maximum absolute atomic E-state index is 2.21. The molecule has 0 aliphatic rings. The molecule has 0 atom stereocenters. The number of aryl methyl sites for hydroxylation is 3. The van der Waals surface area contributed by atoms with E-state index in [0.717, 1.165) is 19.3 Å². The fourth-order valence-electron chi connectivity index (χ4n) is 1.72. The molecule has 0 radical (unpaired) electrons. The van der Waals surface area contributed by atoms with E-state index in [0.29, 0.717) is 0 Å². The summed E-state index contributed by atoms with van der Waals surface area (Å²) in [6.45, 7) is 10.8. The molecule has 0 unspecified atom stereocenters. The molecule has 2 rings (SSSR count). The zero-order valence-corrected chi connectivity index (χ0v) is 14.5. The molecule has 0 nitrogen and oxygen atoms in total. The Morgan fingerprint density at radius 3 is 1.00 bits per heavy atom. The van der Waals surface area contributed by atoms with Crippen LogP contribution in [0.1, 0.15) is 57.7 Å². The van der Waals surface area contributed by atoms with Gasteiger partial charge in [-0.05, 0) is 36.0 Å². The predicted octanol–water partition coefficient (Wildman–Crippen LogP) is 6.48. The van der Waals surface area contributed by atoms with Crippen LogP contribution < -0.4 is 0 Å². The highest BCUT2D eigenvalue weighted by atomic mass is 13.9. The molecule has 0 spiro atoms. The monoisotopic (exact) mass is 284 g/mol. The van der Waals surface area contributed by atoms with Crippen LogP contribution in [0.2, 0.25) is 0 Å². The normalized spacial score (nSPS) is 9.00. The van der Waals surface area contributed by atoms with Crippen molar-refractivity contribution in [3.63, 3.8) is 0 Å². The van der Waals surface area contributed by atoms with Gasteiger partial charge in [0.2, 0.25) is 0 Å². The first-order valence-electron chi connectivity index (χ1n) is 8.33. The van der Waals surface area contributed by atoms with Crippen molar-refractivity contribution in [2.45, 2.75) is 60.3 Å². The van der Waals surface area contributed by atoms with Crippen molar-refractivity contribution in [1.29, 1.82) is 0 Å². The second-order valence-corrected chi connectivity index (χ2v) is 5.07. The standard InChI is InChI=1S/C10H14.C8H10.C3H8/c1-3-9-5-7-10(4-2)8-6-9;1-2-8-6-4-3-5-7-8;1-3-2/h5-8H,3-4H2,1-2H3;3-7H,2H2,1H3;3H2,1-2H3. The molecular formula is C21H32. The lowest BCUT2D eigenvalue weighted by Crippen LogP contribution is -1.81. The number of hydrogen-bond donors (Lipinski definition) is 0. The second kappa shape index (κ2) is 13.4. The summed E-state index contributed by atoms with van der Waals surface area (Å²) in [5.74, 6) is 0. The molecule has 0 saturated heterocycles. The van der Waals surface area contributed by atoms with Gasteiger partial charge in [0.05, 0.1) is 0 Å². The Hall–Kier alpha value is -1.56. The van der Waals surface area contributed by atoms with Gasteiger partial charge in [-0.1, -0.05) is 95.6 Å². The van der Waals surface area contributed by atoms with Crippen molar-refractivity contribution in [2.75, 3.05) is 0 Å². The summed E-state index contributed by atoms with van der Waals surface area (Å²) >= 11 is 0. The van der Waals surface area contributed by atoms with Gasteiger partial charge in [0, 0.05) is 0 Å². The van der Waals surface area contributed by atoms with Crippen molar-refractivity contribution in [3.8, 4) is 0 Å². The lowest BCUT2D eigenvalue weighted by atomic mass is 10.1. The SMILES string of the molecule is CCC.CCc1ccc(CC)cc1.CCc1ccccc1. The van der Waals surface area contributed by atoms with Crippen molar-refractivity contribution in [1.82, 2.24) is 0 Å². The summed E-state index contributed by atoms with van der Waals surface area (Å²) in [6, 6.07) is 19.3. The molecule has 0 amide bonds. The predicted molar refractivity (Wildman–Crippen MR) is 97.0 cm³/mol. The largest absolute Gasteiger partial charge is 0.0656 e. The van der Waals surface area contributed by atoms with Crippen molar-refractivity contribution in [2.24, 2.45) is 0 Å². The molecule has 0 aliphatic carbocycles. The van der Waals surface area contributed by atoms with Crippen molar-refractivity contribution in [3.05, 3.63) is 71.3 Å². The Labute approximate surface area is 132 Å². The fraction of sp³-hybridized carbons (Fsp3) is 0.429. The second-order valence-electron chi connectivity index (χ2n) is 5.07. The molecule has 0 aliphatic heterocycles. The molecule has 0 heteroatoms. The molecule has 0 bridgehead atoms. The van der Waals surface area contributed by atoms with E-state index in [2.05, 4.69) is 83.1 Å². The summed E-state index contributed by atoms with van der Waals surface area (Å²) in [7, 11) is 0. The fourth-order valence-corrected chi connectivity index (χ4v) is 1.72. The van der Waals surface area contributed by atoms with E-state index < -0.39 is 0 Å². The van der Waals surface area contributed by atoms with Crippen LogP contribution in [0.4, 0.5) is 0 Å². The Bertz CT molecular complexity index is 402. The van der Waals surface area contributed by atoms with E-state index in [1.807, 2.05) is 6.07 Å². The molecule has 21 heavy (non-hydrogen) atoms. The van der Waals surface area contributed by atoms with Crippen LogP contribution in [0.3, 0.4) is 0 Å². The summed E-state index contributed by atoms with van der Waals surface area (Å²) in [5, 5.41) is 0. The molecule has 2 aromatic carbocycles. The Morgan fingerprint density at radius 1 is 0.476 bits per heavy atom. The van der Waals surface area contributed by atoms with Crippen LogP contribution in [-0.4, -0.2) is 0 Å². The smallest absolute Gasteiger partial charge is 0.0307 e. The molecule has 0 fully saturated rings. The van der Waals surface area contributed by atoms with Gasteiger partial charge in [-0.25, -0.2) is 0 Å². The van der Waals surface area contributed by atoms with Crippen LogP contribution >= 0.6 is 0 Å². The third-order valence-electron chi connectivity index (χ3n) is 3.09. The highest BCUT2D eigenvalue weighted by Gasteiger charge is 1.88. The van der Waals surface area contributed by atoms with Gasteiger partial charge in [-0.15, -0.1) is 0 Å². The third kappa shape index (κ3) is 9.90. The minimum absolute atomic E-state index is 1.14. The summed E-state index contributed by atoms with van der Waals surface area (Å²) in [4.78, 5) is 0. The number of rotatable bonds is 3. The van der Waals surface area contributed by atoms with Gasteiger partial charge in [-0.3, -0.25) is 0 Å². The first kappa shape index (κ1) is 19.4. The average molecular weight is 284 g/mol. The van der Waals surface area contributed by atoms with Crippen LogP contribution in [0, 0.1) is 0 Å². The lowest BCUT2D eigenvalue weighted by molar-refractivity contribution is 1.09. The first-order chi connectivity index (χ1) is 10.2. The van der Waals surface area contributed by atoms with E-state index in [9.17, 15) is 0 Å². The van der Waals surface area contributed by atoms with Crippen LogP contribution in [0.5, 0.6) is 0 Å². The Kier molecular flexibility index (Phi) is 12.4. The molecule has 0 aromatic heterocycles. The topological polar surface area (TPSA) is 0 Å². The van der Waals surface area contributed by atoms with Gasteiger partial charge in [0.15, 0.2) is 0 Å². The molecule has 0 saturated carbocycles. The number of hydrogen-bond acceptors (Lipinski definition) is 0. The molecule has 0 N–H and O–H groups in total. The zero-order valence-electron chi connectivity index (χ0n) is 14.5. The Morgan fingerprint density at radius 2 is 0.762 bits per heavy atom. The highest BCUT2D eigenvalue weighted by Crippen LogP contribution is 2.04. The van der Waals surface area contributed by atoms with Gasteiger partial charge in [-0.2, -0.15) is 0 Å².